The summed E-state index contributed by atoms with van der Waals surface area (Å²) in [7, 11) is 0. The molecule has 0 amide bonds. The Labute approximate surface area is 276 Å². The lowest BCUT2D eigenvalue weighted by molar-refractivity contribution is 0.630. The minimum atomic E-state index is -0.0922. The minimum absolute atomic E-state index is 0.0922. The van der Waals surface area contributed by atoms with Gasteiger partial charge in [0.05, 0.1) is 28.1 Å². The molecule has 7 aromatic rings. The first-order chi connectivity index (χ1) is 23.1. The zero-order valence-electron chi connectivity index (χ0n) is 26.8. The number of para-hydroxylation sites is 4. The van der Waals surface area contributed by atoms with Gasteiger partial charge < -0.3 is 9.47 Å². The van der Waals surface area contributed by atoms with Gasteiger partial charge in [-0.05, 0) is 71.5 Å². The number of allylic oxidation sites excluding steroid dienone is 4. The highest BCUT2D eigenvalue weighted by Crippen LogP contribution is 2.49. The van der Waals surface area contributed by atoms with Crippen molar-refractivity contribution < 1.29 is 0 Å². The van der Waals surface area contributed by atoms with Crippen molar-refractivity contribution >= 4 is 44.4 Å². The van der Waals surface area contributed by atoms with E-state index in [4.69, 9.17) is 0 Å². The van der Waals surface area contributed by atoms with Gasteiger partial charge in [0.2, 0.25) is 0 Å². The Morgan fingerprint density at radius 2 is 1.32 bits per heavy atom. The van der Waals surface area contributed by atoms with Crippen LogP contribution in [0.15, 0.2) is 158 Å². The zero-order chi connectivity index (χ0) is 31.5. The first-order valence-electron chi connectivity index (χ1n) is 16.7. The van der Waals surface area contributed by atoms with E-state index in [9.17, 15) is 0 Å². The predicted octanol–water partition coefficient (Wildman–Crippen LogP) is 12.3. The summed E-state index contributed by atoms with van der Waals surface area (Å²) in [5.41, 5.74) is 15.0. The van der Waals surface area contributed by atoms with E-state index in [-0.39, 0.29) is 5.41 Å². The molecule has 226 valence electrons. The van der Waals surface area contributed by atoms with E-state index < -0.39 is 0 Å². The average Bonchev–Trinajstić information content (AvgIpc) is 3.46. The monoisotopic (exact) mass is 604 g/mol. The molecule has 0 N–H and O–H groups in total. The predicted molar refractivity (Wildman–Crippen MR) is 199 cm³/mol. The highest BCUT2D eigenvalue weighted by atomic mass is 15.1. The van der Waals surface area contributed by atoms with Crippen molar-refractivity contribution in [2.75, 3.05) is 4.90 Å². The molecule has 0 atom stereocenters. The van der Waals surface area contributed by atoms with Crippen LogP contribution in [0.5, 0.6) is 0 Å². The molecule has 0 bridgehead atoms. The van der Waals surface area contributed by atoms with Crippen LogP contribution in [0.2, 0.25) is 0 Å². The summed E-state index contributed by atoms with van der Waals surface area (Å²) in [5, 5.41) is 2.57. The largest absolute Gasteiger partial charge is 0.309 e. The van der Waals surface area contributed by atoms with Gasteiger partial charge in [-0.2, -0.15) is 0 Å². The van der Waals surface area contributed by atoms with Crippen molar-refractivity contribution in [3.05, 3.63) is 174 Å². The van der Waals surface area contributed by atoms with Crippen LogP contribution in [0.3, 0.4) is 0 Å². The summed E-state index contributed by atoms with van der Waals surface area (Å²) >= 11 is 0. The maximum absolute atomic E-state index is 2.50. The lowest BCUT2D eigenvalue weighted by atomic mass is 9.75. The summed E-state index contributed by atoms with van der Waals surface area (Å²) in [6, 6.07) is 51.4. The summed E-state index contributed by atoms with van der Waals surface area (Å²) in [6.45, 7) is 4.73. The Hall–Kier alpha value is -5.60. The van der Waals surface area contributed by atoms with Crippen molar-refractivity contribution in [1.29, 1.82) is 0 Å². The molecule has 0 fully saturated rings. The number of rotatable bonds is 5. The second kappa shape index (κ2) is 10.7. The molecule has 9 rings (SSSR count). The third-order valence-corrected chi connectivity index (χ3v) is 10.3. The highest BCUT2D eigenvalue weighted by Gasteiger charge is 2.35. The van der Waals surface area contributed by atoms with Gasteiger partial charge in [-0.25, -0.2) is 0 Å². The molecule has 0 saturated carbocycles. The molecule has 6 aromatic carbocycles. The molecule has 1 aliphatic heterocycles. The number of anilines is 3. The number of benzene rings is 6. The first-order valence-corrected chi connectivity index (χ1v) is 16.7. The summed E-state index contributed by atoms with van der Waals surface area (Å²) in [5.74, 6) is 0. The Bertz CT molecular complexity index is 2390. The van der Waals surface area contributed by atoms with Crippen LogP contribution in [-0.2, 0) is 5.41 Å². The van der Waals surface area contributed by atoms with Crippen molar-refractivity contribution in [1.82, 2.24) is 4.57 Å². The molecule has 0 spiro atoms. The molecule has 1 aliphatic carbocycles. The van der Waals surface area contributed by atoms with E-state index in [1.54, 1.807) is 0 Å². The van der Waals surface area contributed by atoms with E-state index in [2.05, 4.69) is 181 Å². The Balaban J connectivity index is 1.34. The van der Waals surface area contributed by atoms with Gasteiger partial charge in [0, 0.05) is 33.0 Å². The Kier molecular flexibility index (Phi) is 6.33. The Morgan fingerprint density at radius 1 is 0.617 bits per heavy atom. The molecule has 2 aliphatic rings. The lowest BCUT2D eigenvalue weighted by Gasteiger charge is -2.34. The third kappa shape index (κ3) is 4.25. The normalized spacial score (nSPS) is 14.6. The van der Waals surface area contributed by atoms with Gasteiger partial charge in [0.25, 0.3) is 0 Å². The van der Waals surface area contributed by atoms with Crippen molar-refractivity contribution in [2.24, 2.45) is 0 Å². The van der Waals surface area contributed by atoms with E-state index in [0.717, 1.165) is 24.2 Å². The molecule has 1 aromatic heterocycles. The molecule has 0 radical (unpaired) electrons. The molecule has 0 saturated heterocycles. The van der Waals surface area contributed by atoms with Crippen LogP contribution in [0.25, 0.3) is 44.2 Å². The number of nitrogens with zero attached hydrogens (tertiary/aromatic N) is 2. The average molecular weight is 605 g/mol. The number of fused-ring (bicyclic) bond motifs is 5. The van der Waals surface area contributed by atoms with Crippen LogP contribution >= 0.6 is 0 Å². The van der Waals surface area contributed by atoms with Crippen LogP contribution in [-0.4, -0.2) is 4.57 Å². The van der Waals surface area contributed by atoms with E-state index in [1.165, 1.54) is 66.6 Å². The van der Waals surface area contributed by atoms with Gasteiger partial charge in [-0.1, -0.05) is 135 Å². The number of hydrogen-bond acceptors (Lipinski definition) is 1. The number of aromatic nitrogens is 1. The van der Waals surface area contributed by atoms with Gasteiger partial charge in [0.1, 0.15) is 0 Å². The standard InChI is InChI=1S/C45H36N2/c1-45(2)38-23-11-14-27-43(38)47-42-29-28-33(30-37(42)36-22-15-24-39(45)44(36)47)46(40-25-12-9-20-34(40)31-16-5-3-6-17-31)41-26-13-10-21-35(41)32-18-7-4-8-19-32/h3-7,9-18,20-30H,8,19H2,1-2H3. The molecule has 0 unspecified atom stereocenters. The molecular formula is C45H36N2. The fourth-order valence-corrected chi connectivity index (χ4v) is 8.00. The number of hydrogen-bond donors (Lipinski definition) is 0. The molecule has 47 heavy (non-hydrogen) atoms. The van der Waals surface area contributed by atoms with Crippen molar-refractivity contribution in [3.8, 4) is 16.8 Å². The van der Waals surface area contributed by atoms with Gasteiger partial charge >= 0.3 is 0 Å². The molecule has 2 nitrogen and oxygen atoms in total. The summed E-state index contributed by atoms with van der Waals surface area (Å²) < 4.78 is 2.50. The van der Waals surface area contributed by atoms with Gasteiger partial charge in [-0.3, -0.25) is 0 Å². The summed E-state index contributed by atoms with van der Waals surface area (Å²) in [6.07, 6.45) is 8.85. The second-order valence-corrected chi connectivity index (χ2v) is 13.3. The van der Waals surface area contributed by atoms with E-state index in [1.807, 2.05) is 0 Å². The van der Waals surface area contributed by atoms with Crippen LogP contribution in [0.1, 0.15) is 43.4 Å². The maximum Gasteiger partial charge on any atom is 0.0582 e. The fourth-order valence-electron chi connectivity index (χ4n) is 8.00. The zero-order valence-corrected chi connectivity index (χ0v) is 26.8. The van der Waals surface area contributed by atoms with Gasteiger partial charge in [0.15, 0.2) is 0 Å². The lowest BCUT2D eigenvalue weighted by Crippen LogP contribution is -2.26. The smallest absolute Gasteiger partial charge is 0.0582 e. The molecule has 2 heterocycles. The van der Waals surface area contributed by atoms with E-state index >= 15 is 0 Å². The first kappa shape index (κ1) is 27.7. The molecular weight excluding hydrogens is 569 g/mol. The SMILES string of the molecule is CC1(C)c2ccccc2-n2c3ccc(N(c4ccccc4C4=CC=CCC4)c4ccccc4-c4ccccc4)cc3c3cccc1c32. The highest BCUT2D eigenvalue weighted by molar-refractivity contribution is 6.13. The van der Waals surface area contributed by atoms with Gasteiger partial charge in [-0.15, -0.1) is 0 Å². The third-order valence-electron chi connectivity index (χ3n) is 10.3. The Morgan fingerprint density at radius 3 is 2.13 bits per heavy atom. The molecule has 2 heteroatoms. The minimum Gasteiger partial charge on any atom is -0.309 e. The fraction of sp³-hybridized carbons (Fsp3) is 0.111. The second-order valence-electron chi connectivity index (χ2n) is 13.3. The van der Waals surface area contributed by atoms with Crippen LogP contribution < -0.4 is 4.90 Å². The van der Waals surface area contributed by atoms with Crippen LogP contribution in [0.4, 0.5) is 17.1 Å². The maximum atomic E-state index is 2.50. The topological polar surface area (TPSA) is 8.17 Å². The van der Waals surface area contributed by atoms with Crippen LogP contribution in [0, 0.1) is 0 Å². The quantitative estimate of drug-likeness (QED) is 0.190. The summed E-state index contributed by atoms with van der Waals surface area (Å²) in [4.78, 5) is 2.49. The van der Waals surface area contributed by atoms with Crippen molar-refractivity contribution in [3.63, 3.8) is 0 Å². The van der Waals surface area contributed by atoms with E-state index in [0.29, 0.717) is 0 Å². The van der Waals surface area contributed by atoms with Crippen molar-refractivity contribution in [2.45, 2.75) is 32.1 Å².